The minimum atomic E-state index is -1.01. The van der Waals surface area contributed by atoms with Crippen molar-refractivity contribution < 1.29 is 29.0 Å². The van der Waals surface area contributed by atoms with Crippen molar-refractivity contribution in [3.05, 3.63) is 29.8 Å². The maximum Gasteiger partial charge on any atom is 0.311 e. The van der Waals surface area contributed by atoms with Gasteiger partial charge in [0.1, 0.15) is 5.75 Å². The predicted octanol–water partition coefficient (Wildman–Crippen LogP) is 0.813. The summed E-state index contributed by atoms with van der Waals surface area (Å²) >= 11 is 0. The Morgan fingerprint density at radius 2 is 1.88 bits per heavy atom. The van der Waals surface area contributed by atoms with Crippen molar-refractivity contribution in [2.75, 3.05) is 32.9 Å². The molecule has 0 saturated carbocycles. The Bertz CT molecular complexity index is 655. The normalized spacial score (nSPS) is 15.7. The van der Waals surface area contributed by atoms with Gasteiger partial charge in [-0.05, 0) is 31.9 Å². The highest BCUT2D eigenvalue weighted by atomic mass is 16.5. The van der Waals surface area contributed by atoms with Crippen LogP contribution in [0.3, 0.4) is 0 Å². The third-order valence-corrected chi connectivity index (χ3v) is 4.37. The van der Waals surface area contributed by atoms with E-state index in [2.05, 4.69) is 10.6 Å². The van der Waals surface area contributed by atoms with Gasteiger partial charge in [0, 0.05) is 19.8 Å². The highest BCUT2D eigenvalue weighted by molar-refractivity contribution is 5.98. The van der Waals surface area contributed by atoms with Crippen LogP contribution in [0.4, 0.5) is 0 Å². The van der Waals surface area contributed by atoms with Crippen LogP contribution in [0.5, 0.6) is 5.75 Å². The molecule has 0 atom stereocenters. The summed E-state index contributed by atoms with van der Waals surface area (Å²) in [5.74, 6) is -1.38. The van der Waals surface area contributed by atoms with E-state index in [1.54, 1.807) is 24.3 Å². The van der Waals surface area contributed by atoms with Crippen LogP contribution in [0.2, 0.25) is 0 Å². The van der Waals surface area contributed by atoms with E-state index in [9.17, 15) is 19.5 Å². The molecular formula is C18H24N2O6. The second-order valence-corrected chi connectivity index (χ2v) is 6.09. The Hall–Kier alpha value is -2.61. The van der Waals surface area contributed by atoms with E-state index in [1.165, 1.54) is 0 Å². The van der Waals surface area contributed by atoms with Crippen LogP contribution < -0.4 is 15.4 Å². The van der Waals surface area contributed by atoms with E-state index in [4.69, 9.17) is 9.47 Å². The van der Waals surface area contributed by atoms with Gasteiger partial charge in [0.05, 0.1) is 24.1 Å². The van der Waals surface area contributed by atoms with Crippen molar-refractivity contribution in [2.45, 2.75) is 19.8 Å². The number of benzene rings is 1. The monoisotopic (exact) mass is 364 g/mol. The summed E-state index contributed by atoms with van der Waals surface area (Å²) in [5, 5.41) is 14.6. The lowest BCUT2D eigenvalue weighted by Crippen LogP contribution is -2.48. The van der Waals surface area contributed by atoms with Crippen LogP contribution >= 0.6 is 0 Å². The molecule has 0 aliphatic carbocycles. The molecule has 3 N–H and O–H groups in total. The number of rotatable bonds is 8. The van der Waals surface area contributed by atoms with Crippen LogP contribution in [-0.2, 0) is 14.3 Å². The molecule has 0 unspecified atom stereocenters. The Morgan fingerprint density at radius 3 is 2.54 bits per heavy atom. The van der Waals surface area contributed by atoms with Gasteiger partial charge in [0.25, 0.3) is 5.91 Å². The number of hydrogen-bond donors (Lipinski definition) is 3. The Morgan fingerprint density at radius 1 is 1.19 bits per heavy atom. The Labute approximate surface area is 151 Å². The van der Waals surface area contributed by atoms with Gasteiger partial charge >= 0.3 is 5.97 Å². The predicted molar refractivity (Wildman–Crippen MR) is 93.1 cm³/mol. The molecule has 8 heteroatoms. The molecule has 1 fully saturated rings. The zero-order valence-electron chi connectivity index (χ0n) is 14.7. The third-order valence-electron chi connectivity index (χ3n) is 4.37. The zero-order valence-corrected chi connectivity index (χ0v) is 14.7. The van der Waals surface area contributed by atoms with Gasteiger partial charge in [-0.1, -0.05) is 12.1 Å². The molecule has 0 bridgehead atoms. The fraction of sp³-hybridized carbons (Fsp3) is 0.500. The average molecular weight is 364 g/mol. The molecule has 1 aliphatic rings. The lowest BCUT2D eigenvalue weighted by atomic mass is 9.80. The van der Waals surface area contributed by atoms with Gasteiger partial charge in [0.15, 0.2) is 0 Å². The van der Waals surface area contributed by atoms with Crippen LogP contribution in [0.15, 0.2) is 24.3 Å². The molecule has 0 aromatic heterocycles. The van der Waals surface area contributed by atoms with E-state index >= 15 is 0 Å². The minimum absolute atomic E-state index is 0.00985. The molecule has 0 radical (unpaired) electrons. The molecule has 1 saturated heterocycles. The molecule has 1 heterocycles. The van der Waals surface area contributed by atoms with E-state index in [-0.39, 0.29) is 13.1 Å². The summed E-state index contributed by atoms with van der Waals surface area (Å²) in [6.45, 7) is 2.71. The molecule has 142 valence electrons. The van der Waals surface area contributed by atoms with Crippen LogP contribution in [0.1, 0.15) is 30.1 Å². The summed E-state index contributed by atoms with van der Waals surface area (Å²) in [4.78, 5) is 35.8. The summed E-state index contributed by atoms with van der Waals surface area (Å²) in [7, 11) is 0. The average Bonchev–Trinajstić information content (AvgIpc) is 2.66. The van der Waals surface area contributed by atoms with Gasteiger partial charge in [-0.3, -0.25) is 14.4 Å². The molecule has 26 heavy (non-hydrogen) atoms. The topological polar surface area (TPSA) is 114 Å². The number of nitrogens with one attached hydrogen (secondary N) is 2. The van der Waals surface area contributed by atoms with Crippen molar-refractivity contribution in [1.29, 1.82) is 0 Å². The SMILES string of the molecule is CCOc1ccccc1C(=O)NCC(=O)NCC1(C(=O)O)CCOCC1. The molecule has 1 aromatic carbocycles. The second-order valence-electron chi connectivity index (χ2n) is 6.09. The largest absolute Gasteiger partial charge is 0.493 e. The third kappa shape index (κ3) is 4.95. The van der Waals surface area contributed by atoms with E-state index in [0.717, 1.165) is 0 Å². The highest BCUT2D eigenvalue weighted by Gasteiger charge is 2.40. The number of carbonyl (C=O) groups excluding carboxylic acids is 2. The highest BCUT2D eigenvalue weighted by Crippen LogP contribution is 2.30. The summed E-state index contributed by atoms with van der Waals surface area (Å²) in [5.41, 5.74) is -0.673. The second kappa shape index (κ2) is 9.19. The quantitative estimate of drug-likeness (QED) is 0.629. The lowest BCUT2D eigenvalue weighted by Gasteiger charge is -2.33. The van der Waals surface area contributed by atoms with Crippen molar-refractivity contribution in [3.8, 4) is 5.75 Å². The maximum atomic E-state index is 12.2. The Balaban J connectivity index is 1.86. The summed E-state index contributed by atoms with van der Waals surface area (Å²) < 4.78 is 10.6. The van der Waals surface area contributed by atoms with Gasteiger partial charge in [-0.15, -0.1) is 0 Å². The number of para-hydroxylation sites is 1. The molecule has 2 amide bonds. The fourth-order valence-corrected chi connectivity index (χ4v) is 2.75. The van der Waals surface area contributed by atoms with Gasteiger partial charge < -0.3 is 25.2 Å². The molecule has 1 aromatic rings. The van der Waals surface area contributed by atoms with Crippen molar-refractivity contribution in [1.82, 2.24) is 10.6 Å². The summed E-state index contributed by atoms with van der Waals surface area (Å²) in [6, 6.07) is 6.76. The number of carbonyl (C=O) groups is 3. The van der Waals surface area contributed by atoms with Crippen molar-refractivity contribution in [3.63, 3.8) is 0 Å². The van der Waals surface area contributed by atoms with Gasteiger partial charge in [-0.25, -0.2) is 0 Å². The summed E-state index contributed by atoms with van der Waals surface area (Å²) in [6.07, 6.45) is 0.688. The number of carboxylic acids is 1. The minimum Gasteiger partial charge on any atom is -0.493 e. The van der Waals surface area contributed by atoms with E-state index in [1.807, 2.05) is 6.92 Å². The number of hydrogen-bond acceptors (Lipinski definition) is 5. The molecule has 8 nitrogen and oxygen atoms in total. The maximum absolute atomic E-state index is 12.2. The molecule has 0 spiro atoms. The standard InChI is InChI=1S/C18H24N2O6/c1-2-26-14-6-4-3-5-13(14)16(22)19-11-15(21)20-12-18(17(23)24)7-9-25-10-8-18/h3-6H,2,7-12H2,1H3,(H,19,22)(H,20,21)(H,23,24). The van der Waals surface area contributed by atoms with Gasteiger partial charge in [0.2, 0.25) is 5.91 Å². The molecular weight excluding hydrogens is 340 g/mol. The first kappa shape index (κ1) is 19.7. The van der Waals surface area contributed by atoms with E-state index < -0.39 is 23.2 Å². The fourth-order valence-electron chi connectivity index (χ4n) is 2.75. The number of aliphatic carboxylic acids is 1. The van der Waals surface area contributed by atoms with Gasteiger partial charge in [-0.2, -0.15) is 0 Å². The first-order valence-corrected chi connectivity index (χ1v) is 8.56. The number of ether oxygens (including phenoxy) is 2. The number of amides is 2. The smallest absolute Gasteiger partial charge is 0.311 e. The lowest BCUT2D eigenvalue weighted by molar-refractivity contribution is -0.154. The van der Waals surface area contributed by atoms with Crippen molar-refractivity contribution >= 4 is 17.8 Å². The Kier molecular flexibility index (Phi) is 6.97. The van der Waals surface area contributed by atoms with E-state index in [0.29, 0.717) is 44.0 Å². The molecule has 2 rings (SSSR count). The first-order valence-electron chi connectivity index (χ1n) is 8.56. The van der Waals surface area contributed by atoms with Crippen LogP contribution in [0, 0.1) is 5.41 Å². The molecule has 1 aliphatic heterocycles. The first-order chi connectivity index (χ1) is 12.5. The van der Waals surface area contributed by atoms with Crippen LogP contribution in [0.25, 0.3) is 0 Å². The zero-order chi connectivity index (χ0) is 19.0. The van der Waals surface area contributed by atoms with Crippen LogP contribution in [-0.4, -0.2) is 55.8 Å². The number of carboxylic acid groups (broad SMARTS) is 1. The van der Waals surface area contributed by atoms with Crippen molar-refractivity contribution in [2.24, 2.45) is 5.41 Å².